The van der Waals surface area contributed by atoms with E-state index in [1.54, 1.807) is 7.11 Å². The highest BCUT2D eigenvalue weighted by atomic mass is 32.2. The van der Waals surface area contributed by atoms with Gasteiger partial charge in [0.25, 0.3) is 0 Å². The van der Waals surface area contributed by atoms with Crippen LogP contribution in [0, 0.1) is 25.2 Å². The van der Waals surface area contributed by atoms with Crippen molar-refractivity contribution in [2.75, 3.05) is 13.4 Å². The van der Waals surface area contributed by atoms with Crippen molar-refractivity contribution in [3.05, 3.63) is 41.1 Å². The van der Waals surface area contributed by atoms with Crippen LogP contribution in [0.3, 0.4) is 0 Å². The van der Waals surface area contributed by atoms with Crippen LogP contribution < -0.4 is 4.74 Å². The number of hydrogen-bond acceptors (Lipinski definition) is 6. The van der Waals surface area contributed by atoms with E-state index >= 15 is 0 Å². The molecule has 0 amide bonds. The molecule has 0 aliphatic heterocycles. The van der Waals surface area contributed by atoms with Gasteiger partial charge in [-0.3, -0.25) is 0 Å². The monoisotopic (exact) mass is 312 g/mol. The number of hydrogen-bond donors (Lipinski definition) is 0. The molecule has 22 heavy (non-hydrogen) atoms. The Labute approximate surface area is 134 Å². The zero-order valence-corrected chi connectivity index (χ0v) is 13.7. The van der Waals surface area contributed by atoms with Gasteiger partial charge in [-0.1, -0.05) is 0 Å². The van der Waals surface area contributed by atoms with E-state index in [2.05, 4.69) is 21.3 Å². The van der Waals surface area contributed by atoms with Crippen molar-refractivity contribution < 1.29 is 4.74 Å². The Morgan fingerprint density at radius 3 is 2.41 bits per heavy atom. The van der Waals surface area contributed by atoms with Gasteiger partial charge in [-0.25, -0.2) is 4.98 Å². The molecule has 6 heteroatoms. The Bertz CT molecular complexity index is 748. The van der Waals surface area contributed by atoms with E-state index in [0.29, 0.717) is 16.9 Å². The highest BCUT2D eigenvalue weighted by Gasteiger charge is 2.14. The molecule has 1 aromatic heterocycles. The third-order valence-corrected chi connectivity index (χ3v) is 3.88. The summed E-state index contributed by atoms with van der Waals surface area (Å²) in [6, 6.07) is 9.48. The van der Waals surface area contributed by atoms with Crippen molar-refractivity contribution in [1.29, 1.82) is 5.26 Å². The van der Waals surface area contributed by atoms with Crippen molar-refractivity contribution in [1.82, 2.24) is 4.98 Å². The number of nitriles is 1. The molecular weight excluding hydrogens is 296 g/mol. The molecule has 0 N–H and O–H groups in total. The molecule has 0 aliphatic carbocycles. The normalized spacial score (nSPS) is 10.7. The fraction of sp³-hybridized carbons (Fsp3) is 0.250. The molecule has 0 spiro atoms. The molecule has 2 aromatic rings. The van der Waals surface area contributed by atoms with Crippen LogP contribution in [0.2, 0.25) is 0 Å². The highest BCUT2D eigenvalue weighted by molar-refractivity contribution is 7.98. The first-order valence-electron chi connectivity index (χ1n) is 6.61. The maximum Gasteiger partial charge on any atom is 0.119 e. The van der Waals surface area contributed by atoms with Crippen molar-refractivity contribution in [2.45, 2.75) is 18.9 Å². The van der Waals surface area contributed by atoms with E-state index in [0.717, 1.165) is 22.0 Å². The van der Waals surface area contributed by atoms with Crippen LogP contribution in [0.5, 0.6) is 5.75 Å². The molecule has 0 fully saturated rings. The van der Waals surface area contributed by atoms with E-state index in [-0.39, 0.29) is 0 Å². The average Bonchev–Trinajstić information content (AvgIpc) is 2.54. The molecule has 112 valence electrons. The molecule has 0 aliphatic rings. The van der Waals surface area contributed by atoms with Crippen LogP contribution in [0.1, 0.15) is 16.8 Å². The second kappa shape index (κ2) is 7.05. The summed E-state index contributed by atoms with van der Waals surface area (Å²) in [4.78, 5) is 4.43. The van der Waals surface area contributed by atoms with E-state index in [1.165, 1.54) is 11.8 Å². The Hall–Kier alpha value is -2.39. The lowest BCUT2D eigenvalue weighted by Crippen LogP contribution is -1.95. The fourth-order valence-corrected chi connectivity index (χ4v) is 2.63. The van der Waals surface area contributed by atoms with Crippen molar-refractivity contribution in [3.63, 3.8) is 0 Å². The van der Waals surface area contributed by atoms with Crippen molar-refractivity contribution >= 4 is 23.1 Å². The summed E-state index contributed by atoms with van der Waals surface area (Å²) in [5.74, 6) is 0.768. The van der Waals surface area contributed by atoms with E-state index in [1.807, 2.05) is 44.4 Å². The Kier molecular flexibility index (Phi) is 5.12. The Balaban J connectivity index is 2.40. The SMILES string of the molecule is COc1ccc(N=Nc2c(C)nc(SC)c(C#N)c2C)cc1. The summed E-state index contributed by atoms with van der Waals surface area (Å²) in [5, 5.41) is 18.5. The highest BCUT2D eigenvalue weighted by Crippen LogP contribution is 2.32. The summed E-state index contributed by atoms with van der Waals surface area (Å²) >= 11 is 1.46. The second-order valence-corrected chi connectivity index (χ2v) is 5.36. The topological polar surface area (TPSA) is 70.6 Å². The lowest BCUT2D eigenvalue weighted by atomic mass is 10.1. The molecule has 0 radical (unpaired) electrons. The summed E-state index contributed by atoms with van der Waals surface area (Å²) in [5.41, 5.74) is 3.48. The number of benzene rings is 1. The van der Waals surface area contributed by atoms with E-state index in [4.69, 9.17) is 4.74 Å². The number of ether oxygens (including phenoxy) is 1. The molecule has 1 aromatic carbocycles. The van der Waals surface area contributed by atoms with Crippen LogP contribution in [0.25, 0.3) is 0 Å². The standard InChI is InChI=1S/C16H16N4OS/c1-10-14(9-17)16(22-4)18-11(2)15(10)20-19-12-5-7-13(21-3)8-6-12/h5-8H,1-4H3. The number of methoxy groups -OCH3 is 1. The summed E-state index contributed by atoms with van der Waals surface area (Å²) < 4.78 is 5.11. The zero-order valence-electron chi connectivity index (χ0n) is 12.9. The smallest absolute Gasteiger partial charge is 0.119 e. The number of thioether (sulfide) groups is 1. The van der Waals surface area contributed by atoms with Crippen molar-refractivity contribution in [3.8, 4) is 11.8 Å². The minimum Gasteiger partial charge on any atom is -0.497 e. The van der Waals surface area contributed by atoms with Gasteiger partial charge >= 0.3 is 0 Å². The molecule has 0 saturated carbocycles. The van der Waals surface area contributed by atoms with Crippen LogP contribution in [0.4, 0.5) is 11.4 Å². The molecule has 0 atom stereocenters. The number of pyridine rings is 1. The molecule has 0 bridgehead atoms. The molecule has 2 rings (SSSR count). The lowest BCUT2D eigenvalue weighted by Gasteiger charge is -2.08. The van der Waals surface area contributed by atoms with Crippen molar-refractivity contribution in [2.24, 2.45) is 10.2 Å². The molecule has 5 nitrogen and oxygen atoms in total. The fourth-order valence-electron chi connectivity index (χ4n) is 1.99. The van der Waals surface area contributed by atoms with Gasteiger partial charge in [-0.15, -0.1) is 16.9 Å². The minimum absolute atomic E-state index is 0.557. The molecular formula is C16H16N4OS. The number of aromatic nitrogens is 1. The quantitative estimate of drug-likeness (QED) is 0.605. The first kappa shape index (κ1) is 16.0. The van der Waals surface area contributed by atoms with Gasteiger partial charge in [0.15, 0.2) is 0 Å². The molecule has 0 unspecified atom stereocenters. The summed E-state index contributed by atoms with van der Waals surface area (Å²) in [6.45, 7) is 3.74. The minimum atomic E-state index is 0.557. The average molecular weight is 312 g/mol. The van der Waals surface area contributed by atoms with Gasteiger partial charge in [-0.05, 0) is 49.9 Å². The number of azo groups is 1. The number of nitrogens with zero attached hydrogens (tertiary/aromatic N) is 4. The van der Waals surface area contributed by atoms with Gasteiger partial charge in [0.1, 0.15) is 22.5 Å². The largest absolute Gasteiger partial charge is 0.497 e. The van der Waals surface area contributed by atoms with Gasteiger partial charge in [0, 0.05) is 0 Å². The van der Waals surface area contributed by atoms with Gasteiger partial charge in [0.05, 0.1) is 24.1 Å². The second-order valence-electron chi connectivity index (χ2n) is 4.56. The summed E-state index contributed by atoms with van der Waals surface area (Å²) in [6.07, 6.45) is 1.90. The van der Waals surface area contributed by atoms with Gasteiger partial charge < -0.3 is 4.74 Å². The Morgan fingerprint density at radius 1 is 1.18 bits per heavy atom. The third kappa shape index (κ3) is 3.26. The van der Waals surface area contributed by atoms with Crippen LogP contribution in [0.15, 0.2) is 39.5 Å². The zero-order chi connectivity index (χ0) is 16.1. The summed E-state index contributed by atoms with van der Waals surface area (Å²) in [7, 11) is 1.62. The van der Waals surface area contributed by atoms with E-state index in [9.17, 15) is 5.26 Å². The van der Waals surface area contributed by atoms with Crippen LogP contribution >= 0.6 is 11.8 Å². The third-order valence-electron chi connectivity index (χ3n) is 3.20. The predicted molar refractivity (Wildman–Crippen MR) is 87.4 cm³/mol. The van der Waals surface area contributed by atoms with Gasteiger partial charge in [-0.2, -0.15) is 10.4 Å². The molecule has 0 saturated heterocycles. The van der Waals surface area contributed by atoms with Crippen LogP contribution in [-0.2, 0) is 0 Å². The van der Waals surface area contributed by atoms with Crippen LogP contribution in [-0.4, -0.2) is 18.3 Å². The van der Waals surface area contributed by atoms with E-state index < -0.39 is 0 Å². The first-order chi connectivity index (χ1) is 10.6. The number of rotatable bonds is 4. The maximum absolute atomic E-state index is 9.30. The maximum atomic E-state index is 9.30. The number of aryl methyl sites for hydroxylation is 1. The first-order valence-corrected chi connectivity index (χ1v) is 7.84. The Morgan fingerprint density at radius 2 is 1.86 bits per heavy atom. The molecule has 1 heterocycles. The predicted octanol–water partition coefficient (Wildman–Crippen LogP) is 4.72. The van der Waals surface area contributed by atoms with Gasteiger partial charge in [0.2, 0.25) is 0 Å². The lowest BCUT2D eigenvalue weighted by molar-refractivity contribution is 0.415.